The maximum absolute atomic E-state index is 11.3. The van der Waals surface area contributed by atoms with Crippen LogP contribution < -0.4 is 11.1 Å². The predicted octanol–water partition coefficient (Wildman–Crippen LogP) is 0.658. The molecule has 3 N–H and O–H groups in total. The maximum atomic E-state index is 11.3. The van der Waals surface area contributed by atoms with E-state index in [4.69, 9.17) is 10.5 Å². The zero-order valence-corrected chi connectivity index (χ0v) is 9.55. The van der Waals surface area contributed by atoms with Crippen LogP contribution >= 0.6 is 0 Å². The van der Waals surface area contributed by atoms with E-state index in [1.807, 2.05) is 6.92 Å². The first-order valence-electron chi connectivity index (χ1n) is 5.77. The Morgan fingerprint density at radius 3 is 2.80 bits per heavy atom. The zero-order valence-electron chi connectivity index (χ0n) is 9.55. The molecular formula is C11H22N2O2. The maximum Gasteiger partial charge on any atom is 0.246 e. The minimum absolute atomic E-state index is 0.00764. The Kier molecular flexibility index (Phi) is 5.05. The topological polar surface area (TPSA) is 64.3 Å². The Labute approximate surface area is 91.5 Å². The van der Waals surface area contributed by atoms with Crippen molar-refractivity contribution >= 4 is 5.91 Å². The normalized spacial score (nSPS) is 17.5. The standard InChI is InChI=1S/C11H22N2O2/c1-2-7-15-8-10(14)13-9-11(3-4-11)5-6-12/h2-9,12H2,1H3,(H,13,14). The highest BCUT2D eigenvalue weighted by Crippen LogP contribution is 2.47. The van der Waals surface area contributed by atoms with Crippen molar-refractivity contribution in [2.45, 2.75) is 32.6 Å². The Bertz CT molecular complexity index is 203. The molecule has 1 amide bonds. The summed E-state index contributed by atoms with van der Waals surface area (Å²) in [7, 11) is 0. The van der Waals surface area contributed by atoms with E-state index < -0.39 is 0 Å². The molecule has 0 spiro atoms. The van der Waals surface area contributed by atoms with Crippen LogP contribution in [0.4, 0.5) is 0 Å². The van der Waals surface area contributed by atoms with Gasteiger partial charge in [-0.1, -0.05) is 6.92 Å². The first-order valence-corrected chi connectivity index (χ1v) is 5.77. The lowest BCUT2D eigenvalue weighted by Crippen LogP contribution is -2.33. The number of carbonyl (C=O) groups is 1. The fraction of sp³-hybridized carbons (Fsp3) is 0.909. The molecule has 0 atom stereocenters. The van der Waals surface area contributed by atoms with Gasteiger partial charge in [-0.15, -0.1) is 0 Å². The summed E-state index contributed by atoms with van der Waals surface area (Å²) in [5.74, 6) is -0.00764. The fourth-order valence-electron chi connectivity index (χ4n) is 1.64. The molecule has 88 valence electrons. The van der Waals surface area contributed by atoms with Crippen LogP contribution in [0.15, 0.2) is 0 Å². The Morgan fingerprint density at radius 1 is 1.53 bits per heavy atom. The second-order valence-electron chi connectivity index (χ2n) is 4.37. The molecule has 4 heteroatoms. The number of amides is 1. The highest BCUT2D eigenvalue weighted by Gasteiger charge is 2.41. The average molecular weight is 214 g/mol. The highest BCUT2D eigenvalue weighted by molar-refractivity contribution is 5.77. The van der Waals surface area contributed by atoms with Crippen LogP contribution in [-0.4, -0.2) is 32.2 Å². The van der Waals surface area contributed by atoms with E-state index >= 15 is 0 Å². The molecule has 1 saturated carbocycles. The molecule has 0 unspecified atom stereocenters. The van der Waals surface area contributed by atoms with Crippen molar-refractivity contribution < 1.29 is 9.53 Å². The van der Waals surface area contributed by atoms with Gasteiger partial charge in [-0.25, -0.2) is 0 Å². The van der Waals surface area contributed by atoms with Crippen molar-refractivity contribution in [3.63, 3.8) is 0 Å². The molecule has 0 heterocycles. The summed E-state index contributed by atoms with van der Waals surface area (Å²) in [5, 5.41) is 2.91. The van der Waals surface area contributed by atoms with E-state index in [0.717, 1.165) is 19.4 Å². The summed E-state index contributed by atoms with van der Waals surface area (Å²) in [6, 6.07) is 0. The van der Waals surface area contributed by atoms with Gasteiger partial charge in [0.05, 0.1) is 0 Å². The van der Waals surface area contributed by atoms with Crippen molar-refractivity contribution in [1.82, 2.24) is 5.32 Å². The van der Waals surface area contributed by atoms with Gasteiger partial charge in [0, 0.05) is 13.2 Å². The third kappa shape index (κ3) is 4.62. The summed E-state index contributed by atoms with van der Waals surface area (Å²) in [5.41, 5.74) is 5.84. The van der Waals surface area contributed by atoms with Crippen LogP contribution in [0.25, 0.3) is 0 Å². The Hall–Kier alpha value is -0.610. The van der Waals surface area contributed by atoms with Gasteiger partial charge in [-0.2, -0.15) is 0 Å². The monoisotopic (exact) mass is 214 g/mol. The molecular weight excluding hydrogens is 192 g/mol. The molecule has 1 fully saturated rings. The van der Waals surface area contributed by atoms with Crippen molar-refractivity contribution in [2.24, 2.45) is 11.1 Å². The van der Waals surface area contributed by atoms with E-state index in [9.17, 15) is 4.79 Å². The average Bonchev–Trinajstić information content (AvgIpc) is 2.97. The van der Waals surface area contributed by atoms with Crippen molar-refractivity contribution in [1.29, 1.82) is 0 Å². The number of nitrogens with one attached hydrogen (secondary N) is 1. The van der Waals surface area contributed by atoms with Gasteiger partial charge in [-0.05, 0) is 37.6 Å². The van der Waals surface area contributed by atoms with Gasteiger partial charge in [0.15, 0.2) is 0 Å². The molecule has 0 radical (unpaired) electrons. The van der Waals surface area contributed by atoms with E-state index in [1.165, 1.54) is 12.8 Å². The summed E-state index contributed by atoms with van der Waals surface area (Å²) in [6.45, 7) is 4.34. The van der Waals surface area contributed by atoms with Gasteiger partial charge in [-0.3, -0.25) is 4.79 Å². The summed E-state index contributed by atoms with van der Waals surface area (Å²) >= 11 is 0. The lowest BCUT2D eigenvalue weighted by molar-refractivity contribution is -0.125. The first kappa shape index (κ1) is 12.5. The molecule has 0 aromatic carbocycles. The van der Waals surface area contributed by atoms with Gasteiger partial charge >= 0.3 is 0 Å². The Morgan fingerprint density at radius 2 is 2.27 bits per heavy atom. The van der Waals surface area contributed by atoms with Crippen LogP contribution in [-0.2, 0) is 9.53 Å². The number of hydrogen-bond donors (Lipinski definition) is 2. The molecule has 1 aliphatic carbocycles. The predicted molar refractivity (Wildman–Crippen MR) is 59.5 cm³/mol. The van der Waals surface area contributed by atoms with E-state index in [2.05, 4.69) is 5.32 Å². The second-order valence-corrected chi connectivity index (χ2v) is 4.37. The van der Waals surface area contributed by atoms with Crippen LogP contribution in [0.2, 0.25) is 0 Å². The van der Waals surface area contributed by atoms with Crippen molar-refractivity contribution in [3.8, 4) is 0 Å². The molecule has 15 heavy (non-hydrogen) atoms. The van der Waals surface area contributed by atoms with E-state index in [1.54, 1.807) is 0 Å². The molecule has 0 bridgehead atoms. The molecule has 1 aliphatic rings. The fourth-order valence-corrected chi connectivity index (χ4v) is 1.64. The number of nitrogens with two attached hydrogens (primary N) is 1. The molecule has 0 aliphatic heterocycles. The molecule has 0 aromatic rings. The summed E-state index contributed by atoms with van der Waals surface area (Å²) in [4.78, 5) is 11.3. The quantitative estimate of drug-likeness (QED) is 0.583. The van der Waals surface area contributed by atoms with Gasteiger partial charge in [0.1, 0.15) is 6.61 Å². The number of carbonyl (C=O) groups excluding carboxylic acids is 1. The number of rotatable bonds is 8. The van der Waals surface area contributed by atoms with Gasteiger partial charge in [0.25, 0.3) is 0 Å². The first-order chi connectivity index (χ1) is 7.22. The molecule has 0 saturated heterocycles. The molecule has 4 nitrogen and oxygen atoms in total. The SMILES string of the molecule is CCCOCC(=O)NCC1(CCN)CC1. The largest absolute Gasteiger partial charge is 0.372 e. The van der Waals surface area contributed by atoms with E-state index in [-0.39, 0.29) is 12.5 Å². The van der Waals surface area contributed by atoms with Gasteiger partial charge in [0.2, 0.25) is 5.91 Å². The lowest BCUT2D eigenvalue weighted by atomic mass is 10.0. The molecule has 0 aromatic heterocycles. The Balaban J connectivity index is 2.06. The smallest absolute Gasteiger partial charge is 0.246 e. The van der Waals surface area contributed by atoms with Crippen molar-refractivity contribution in [3.05, 3.63) is 0 Å². The van der Waals surface area contributed by atoms with Crippen LogP contribution in [0.5, 0.6) is 0 Å². The minimum Gasteiger partial charge on any atom is -0.372 e. The van der Waals surface area contributed by atoms with Crippen LogP contribution in [0.1, 0.15) is 32.6 Å². The third-order valence-electron chi connectivity index (χ3n) is 2.87. The third-order valence-corrected chi connectivity index (χ3v) is 2.87. The lowest BCUT2D eigenvalue weighted by Gasteiger charge is -2.14. The molecule has 1 rings (SSSR count). The highest BCUT2D eigenvalue weighted by atomic mass is 16.5. The second kappa shape index (κ2) is 6.08. The van der Waals surface area contributed by atoms with Gasteiger partial charge < -0.3 is 15.8 Å². The van der Waals surface area contributed by atoms with Crippen LogP contribution in [0.3, 0.4) is 0 Å². The minimum atomic E-state index is -0.00764. The number of ether oxygens (including phenoxy) is 1. The summed E-state index contributed by atoms with van der Waals surface area (Å²) < 4.78 is 5.15. The summed E-state index contributed by atoms with van der Waals surface area (Å²) in [6.07, 6.45) is 4.36. The van der Waals surface area contributed by atoms with Crippen molar-refractivity contribution in [2.75, 3.05) is 26.3 Å². The van der Waals surface area contributed by atoms with Crippen LogP contribution in [0, 0.1) is 5.41 Å². The number of hydrogen-bond acceptors (Lipinski definition) is 3. The zero-order chi connectivity index (χ0) is 11.1. The van der Waals surface area contributed by atoms with E-state index in [0.29, 0.717) is 18.6 Å².